The van der Waals surface area contributed by atoms with Crippen molar-refractivity contribution in [1.29, 1.82) is 5.26 Å². The third kappa shape index (κ3) is 5.15. The van der Waals surface area contributed by atoms with Gasteiger partial charge in [-0.15, -0.1) is 11.3 Å². The number of alkyl halides is 3. The summed E-state index contributed by atoms with van der Waals surface area (Å²) in [6.45, 7) is 0. The van der Waals surface area contributed by atoms with Gasteiger partial charge < -0.3 is 4.74 Å². The number of thiophene rings is 1. The first-order valence-electron chi connectivity index (χ1n) is 11.0. The Morgan fingerprint density at radius 3 is 2.14 bits per heavy atom. The molecule has 9 heteroatoms. The standard InChI is InChI=1S/C28H16F3N3O2S/c29-28(30,31)26-16-24(25-2-1-15-37-25)34(33-26)22-11-7-21(8-12-22)27(35)36-23-13-9-20(10-14-23)19-5-3-18(17-32)4-6-19/h1-16H. The number of carbonyl (C=O) groups excluding carboxylic acids is 1. The first-order chi connectivity index (χ1) is 17.8. The summed E-state index contributed by atoms with van der Waals surface area (Å²) in [7, 11) is 0. The number of rotatable bonds is 5. The third-order valence-corrected chi connectivity index (χ3v) is 6.43. The van der Waals surface area contributed by atoms with Gasteiger partial charge in [0.25, 0.3) is 0 Å². The molecule has 0 amide bonds. The lowest BCUT2D eigenvalue weighted by molar-refractivity contribution is -0.141. The van der Waals surface area contributed by atoms with E-state index in [0.717, 1.165) is 17.2 Å². The lowest BCUT2D eigenvalue weighted by atomic mass is 10.0. The second-order valence-corrected chi connectivity index (χ2v) is 8.90. The highest BCUT2D eigenvalue weighted by atomic mass is 32.1. The van der Waals surface area contributed by atoms with Gasteiger partial charge in [0.2, 0.25) is 0 Å². The van der Waals surface area contributed by atoms with Crippen molar-refractivity contribution in [3.05, 3.63) is 113 Å². The number of halogens is 3. The van der Waals surface area contributed by atoms with Gasteiger partial charge in [-0.1, -0.05) is 30.3 Å². The molecular formula is C28H16F3N3O2S. The molecule has 2 aromatic heterocycles. The Bertz CT molecular complexity index is 1580. The molecular weight excluding hydrogens is 499 g/mol. The fraction of sp³-hybridized carbons (Fsp3) is 0.0357. The summed E-state index contributed by atoms with van der Waals surface area (Å²) in [5.41, 5.74) is 2.30. The number of hydrogen-bond acceptors (Lipinski definition) is 5. The van der Waals surface area contributed by atoms with Crippen molar-refractivity contribution in [3.63, 3.8) is 0 Å². The molecule has 0 N–H and O–H groups in total. The van der Waals surface area contributed by atoms with Crippen LogP contribution in [-0.2, 0) is 6.18 Å². The van der Waals surface area contributed by atoms with E-state index in [2.05, 4.69) is 11.2 Å². The van der Waals surface area contributed by atoms with E-state index in [1.165, 1.54) is 40.3 Å². The minimum atomic E-state index is -4.59. The largest absolute Gasteiger partial charge is 0.435 e. The van der Waals surface area contributed by atoms with Crippen molar-refractivity contribution >= 4 is 17.3 Å². The van der Waals surface area contributed by atoms with E-state index in [0.29, 0.717) is 27.6 Å². The second-order valence-electron chi connectivity index (χ2n) is 7.95. The molecule has 5 aromatic rings. The summed E-state index contributed by atoms with van der Waals surface area (Å²) in [5.74, 6) is -0.263. The molecule has 0 aliphatic carbocycles. The highest BCUT2D eigenvalue weighted by Crippen LogP contribution is 2.34. The lowest BCUT2D eigenvalue weighted by Gasteiger charge is -2.09. The van der Waals surface area contributed by atoms with Crippen molar-refractivity contribution in [3.8, 4) is 39.2 Å². The van der Waals surface area contributed by atoms with Gasteiger partial charge in [-0.25, -0.2) is 9.48 Å². The topological polar surface area (TPSA) is 67.9 Å². The minimum Gasteiger partial charge on any atom is -0.423 e. The molecule has 182 valence electrons. The summed E-state index contributed by atoms with van der Waals surface area (Å²) in [5, 5.41) is 14.5. The summed E-state index contributed by atoms with van der Waals surface area (Å²) in [6, 6.07) is 26.6. The van der Waals surface area contributed by atoms with Crippen LogP contribution in [0.2, 0.25) is 0 Å². The fourth-order valence-corrected chi connectivity index (χ4v) is 4.40. The Hall–Kier alpha value is -4.68. The second kappa shape index (κ2) is 9.76. The highest BCUT2D eigenvalue weighted by Gasteiger charge is 2.35. The number of aromatic nitrogens is 2. The van der Waals surface area contributed by atoms with Gasteiger partial charge in [0, 0.05) is 0 Å². The van der Waals surface area contributed by atoms with Crippen LogP contribution in [0.4, 0.5) is 13.2 Å². The van der Waals surface area contributed by atoms with Crippen LogP contribution in [-0.4, -0.2) is 15.7 Å². The number of carbonyl (C=O) groups is 1. The van der Waals surface area contributed by atoms with E-state index in [1.54, 1.807) is 53.9 Å². The molecule has 5 rings (SSSR count). The number of benzene rings is 3. The Kier molecular flexibility index (Phi) is 6.34. The maximum absolute atomic E-state index is 13.3. The fourth-order valence-electron chi connectivity index (χ4n) is 3.67. The zero-order valence-electron chi connectivity index (χ0n) is 18.9. The van der Waals surface area contributed by atoms with Crippen LogP contribution in [0.1, 0.15) is 21.6 Å². The molecule has 0 radical (unpaired) electrons. The predicted octanol–water partition coefficient (Wildman–Crippen LogP) is 7.38. The Morgan fingerprint density at radius 1 is 0.919 bits per heavy atom. The van der Waals surface area contributed by atoms with Gasteiger partial charge in [-0.2, -0.15) is 23.5 Å². The van der Waals surface area contributed by atoms with E-state index in [9.17, 15) is 18.0 Å². The van der Waals surface area contributed by atoms with Crippen molar-refractivity contribution < 1.29 is 22.7 Å². The zero-order valence-corrected chi connectivity index (χ0v) is 19.8. The Balaban J connectivity index is 1.33. The van der Waals surface area contributed by atoms with E-state index >= 15 is 0 Å². The molecule has 0 saturated carbocycles. The summed E-state index contributed by atoms with van der Waals surface area (Å²) < 4.78 is 46.6. The van der Waals surface area contributed by atoms with Gasteiger partial charge in [-0.3, -0.25) is 0 Å². The molecule has 0 spiro atoms. The van der Waals surface area contributed by atoms with Crippen LogP contribution in [0.25, 0.3) is 27.4 Å². The van der Waals surface area contributed by atoms with Crippen molar-refractivity contribution in [2.45, 2.75) is 6.18 Å². The molecule has 0 atom stereocenters. The number of esters is 1. The smallest absolute Gasteiger partial charge is 0.423 e. The minimum absolute atomic E-state index is 0.237. The third-order valence-electron chi connectivity index (χ3n) is 5.53. The molecule has 5 nitrogen and oxygen atoms in total. The number of nitrogens with zero attached hydrogens (tertiary/aromatic N) is 3. The van der Waals surface area contributed by atoms with Gasteiger partial charge >= 0.3 is 12.1 Å². The van der Waals surface area contributed by atoms with Gasteiger partial charge in [0.05, 0.1) is 33.5 Å². The van der Waals surface area contributed by atoms with Crippen LogP contribution in [0.3, 0.4) is 0 Å². The molecule has 0 unspecified atom stereocenters. The van der Waals surface area contributed by atoms with Gasteiger partial charge in [0.15, 0.2) is 5.69 Å². The molecule has 0 bridgehead atoms. The maximum atomic E-state index is 13.3. The SMILES string of the molecule is N#Cc1ccc(-c2ccc(OC(=O)c3ccc(-n4nc(C(F)(F)F)cc4-c4cccs4)cc3)cc2)cc1. The van der Waals surface area contributed by atoms with E-state index in [1.807, 2.05) is 12.1 Å². The Morgan fingerprint density at radius 2 is 1.57 bits per heavy atom. The molecule has 0 aliphatic rings. The van der Waals surface area contributed by atoms with Crippen LogP contribution >= 0.6 is 11.3 Å². The Labute approximate surface area is 213 Å². The average molecular weight is 516 g/mol. The molecule has 3 aromatic carbocycles. The molecule has 37 heavy (non-hydrogen) atoms. The predicted molar refractivity (Wildman–Crippen MR) is 133 cm³/mol. The highest BCUT2D eigenvalue weighted by molar-refractivity contribution is 7.13. The summed E-state index contributed by atoms with van der Waals surface area (Å²) >= 11 is 1.30. The zero-order chi connectivity index (χ0) is 26.0. The lowest BCUT2D eigenvalue weighted by Crippen LogP contribution is -2.09. The summed E-state index contributed by atoms with van der Waals surface area (Å²) in [4.78, 5) is 13.3. The van der Waals surface area contributed by atoms with E-state index in [4.69, 9.17) is 10.00 Å². The monoisotopic (exact) mass is 515 g/mol. The number of hydrogen-bond donors (Lipinski definition) is 0. The van der Waals surface area contributed by atoms with Gasteiger partial charge in [-0.05, 0) is 77.2 Å². The summed E-state index contributed by atoms with van der Waals surface area (Å²) in [6.07, 6.45) is -4.59. The first-order valence-corrected chi connectivity index (χ1v) is 11.8. The molecule has 2 heterocycles. The number of ether oxygens (including phenoxy) is 1. The van der Waals surface area contributed by atoms with Crippen LogP contribution in [0, 0.1) is 11.3 Å². The van der Waals surface area contributed by atoms with Gasteiger partial charge in [0.1, 0.15) is 5.75 Å². The van der Waals surface area contributed by atoms with Crippen LogP contribution in [0.15, 0.2) is 96.4 Å². The van der Waals surface area contributed by atoms with E-state index in [-0.39, 0.29) is 5.56 Å². The quantitative estimate of drug-likeness (QED) is 0.181. The van der Waals surface area contributed by atoms with Crippen LogP contribution < -0.4 is 4.74 Å². The molecule has 0 saturated heterocycles. The van der Waals surface area contributed by atoms with E-state index < -0.39 is 17.8 Å². The molecule has 0 fully saturated rings. The van der Waals surface area contributed by atoms with Crippen LogP contribution in [0.5, 0.6) is 5.75 Å². The number of nitriles is 1. The average Bonchev–Trinajstić information content (AvgIpc) is 3.60. The normalized spacial score (nSPS) is 11.2. The first kappa shape index (κ1) is 24.0. The van der Waals surface area contributed by atoms with Crippen molar-refractivity contribution in [2.24, 2.45) is 0 Å². The van der Waals surface area contributed by atoms with Crippen molar-refractivity contribution in [1.82, 2.24) is 9.78 Å². The molecule has 0 aliphatic heterocycles. The maximum Gasteiger partial charge on any atom is 0.435 e. The van der Waals surface area contributed by atoms with Crippen molar-refractivity contribution in [2.75, 3.05) is 0 Å².